The van der Waals surface area contributed by atoms with Crippen LogP contribution in [0.15, 0.2) is 41.0 Å². The molecule has 2 nitrogen and oxygen atoms in total. The van der Waals surface area contributed by atoms with Crippen molar-refractivity contribution >= 4 is 33.3 Å². The number of nitrogens with zero attached hydrogens (tertiary/aromatic N) is 2. The van der Waals surface area contributed by atoms with Gasteiger partial charge in [0.05, 0.1) is 10.5 Å². The van der Waals surface area contributed by atoms with Crippen LogP contribution in [-0.4, -0.2) is 12.0 Å². The van der Waals surface area contributed by atoms with Gasteiger partial charge < -0.3 is 4.90 Å². The highest BCUT2D eigenvalue weighted by atomic mass is 79.9. The molecule has 0 radical (unpaired) electrons. The van der Waals surface area contributed by atoms with Crippen LogP contribution in [0.1, 0.15) is 24.1 Å². The molecule has 0 aliphatic heterocycles. The van der Waals surface area contributed by atoms with E-state index in [9.17, 15) is 0 Å². The molecule has 0 aliphatic rings. The molecule has 0 saturated heterocycles. The Morgan fingerprint density at radius 3 is 2.74 bits per heavy atom. The molecule has 1 atom stereocenters. The lowest BCUT2D eigenvalue weighted by Crippen LogP contribution is -2.23. The van der Waals surface area contributed by atoms with Crippen LogP contribution >= 0.6 is 27.5 Å². The van der Waals surface area contributed by atoms with E-state index in [0.29, 0.717) is 0 Å². The molecule has 0 bridgehead atoms. The van der Waals surface area contributed by atoms with Gasteiger partial charge in [0, 0.05) is 18.3 Å². The first-order chi connectivity index (χ1) is 9.00. The Labute approximate surface area is 127 Å². The second-order valence-corrected chi connectivity index (χ2v) is 5.84. The van der Waals surface area contributed by atoms with Crippen molar-refractivity contribution in [3.05, 3.63) is 57.2 Å². The smallest absolute Gasteiger partial charge is 0.143 e. The van der Waals surface area contributed by atoms with Gasteiger partial charge in [-0.1, -0.05) is 23.7 Å². The van der Waals surface area contributed by atoms with Gasteiger partial charge in [0.25, 0.3) is 0 Å². The van der Waals surface area contributed by atoms with Gasteiger partial charge in [-0.3, -0.25) is 0 Å². The predicted octanol–water partition coefficient (Wildman–Crippen LogP) is 5.00. The van der Waals surface area contributed by atoms with Gasteiger partial charge in [-0.25, -0.2) is 4.98 Å². The first-order valence-corrected chi connectivity index (χ1v) is 7.27. The molecule has 4 heteroatoms. The number of benzene rings is 1. The Kier molecular flexibility index (Phi) is 4.48. The molecule has 19 heavy (non-hydrogen) atoms. The minimum absolute atomic E-state index is 0.198. The number of pyridine rings is 1. The number of hydrogen-bond donors (Lipinski definition) is 0. The Hall–Kier alpha value is -1.06. The summed E-state index contributed by atoms with van der Waals surface area (Å²) in [6.45, 7) is 4.20. The van der Waals surface area contributed by atoms with Crippen LogP contribution in [0.3, 0.4) is 0 Å². The van der Waals surface area contributed by atoms with Gasteiger partial charge in [-0.15, -0.1) is 0 Å². The van der Waals surface area contributed by atoms with Crippen molar-refractivity contribution in [3.63, 3.8) is 0 Å². The Morgan fingerprint density at radius 1 is 1.32 bits per heavy atom. The number of rotatable bonds is 3. The maximum atomic E-state index is 6.05. The summed E-state index contributed by atoms with van der Waals surface area (Å²) in [5.41, 5.74) is 2.35. The first-order valence-electron chi connectivity index (χ1n) is 6.10. The Morgan fingerprint density at radius 2 is 2.05 bits per heavy atom. The summed E-state index contributed by atoms with van der Waals surface area (Å²) in [7, 11) is 2.04. The average molecular weight is 340 g/mol. The van der Waals surface area contributed by atoms with Gasteiger partial charge in [0.2, 0.25) is 0 Å². The van der Waals surface area contributed by atoms with E-state index >= 15 is 0 Å². The molecule has 1 heterocycles. The van der Waals surface area contributed by atoms with Crippen LogP contribution in [0.5, 0.6) is 0 Å². The Balaban J connectivity index is 2.33. The lowest BCUT2D eigenvalue weighted by atomic mass is 10.1. The SMILES string of the molecule is Cc1ccnc(N(C)C(C)c2cccc(Cl)c2)c1Br. The highest BCUT2D eigenvalue weighted by molar-refractivity contribution is 9.10. The molecule has 0 spiro atoms. The monoisotopic (exact) mass is 338 g/mol. The van der Waals surface area contributed by atoms with Gasteiger partial charge in [0.15, 0.2) is 0 Å². The fourth-order valence-electron chi connectivity index (χ4n) is 1.95. The third-order valence-corrected chi connectivity index (χ3v) is 4.53. The van der Waals surface area contributed by atoms with Gasteiger partial charge in [-0.05, 0) is 59.1 Å². The van der Waals surface area contributed by atoms with Crippen LogP contribution in [0, 0.1) is 6.92 Å². The molecular weight excluding hydrogens is 324 g/mol. The summed E-state index contributed by atoms with van der Waals surface area (Å²) >= 11 is 9.66. The third kappa shape index (κ3) is 3.10. The second-order valence-electron chi connectivity index (χ2n) is 4.61. The van der Waals surface area contributed by atoms with Crippen LogP contribution in [0.2, 0.25) is 5.02 Å². The topological polar surface area (TPSA) is 16.1 Å². The molecule has 1 aromatic heterocycles. The van der Waals surface area contributed by atoms with E-state index in [0.717, 1.165) is 15.3 Å². The Bertz CT molecular complexity index is 586. The summed E-state index contributed by atoms with van der Waals surface area (Å²) in [5.74, 6) is 0.937. The normalized spacial score (nSPS) is 12.3. The van der Waals surface area contributed by atoms with Crippen LogP contribution < -0.4 is 4.90 Å². The van der Waals surface area contributed by atoms with Crippen LogP contribution in [0.25, 0.3) is 0 Å². The molecule has 100 valence electrons. The lowest BCUT2D eigenvalue weighted by Gasteiger charge is -2.27. The van der Waals surface area contributed by atoms with Crippen molar-refractivity contribution in [1.29, 1.82) is 0 Å². The minimum atomic E-state index is 0.198. The van der Waals surface area contributed by atoms with Crippen LogP contribution in [-0.2, 0) is 0 Å². The lowest BCUT2D eigenvalue weighted by molar-refractivity contribution is 0.726. The van der Waals surface area contributed by atoms with E-state index in [1.807, 2.05) is 37.5 Å². The molecule has 0 fully saturated rings. The number of anilines is 1. The van der Waals surface area contributed by atoms with Gasteiger partial charge >= 0.3 is 0 Å². The van der Waals surface area contributed by atoms with E-state index in [2.05, 4.69) is 45.7 Å². The summed E-state index contributed by atoms with van der Waals surface area (Å²) in [4.78, 5) is 6.60. The minimum Gasteiger partial charge on any atom is -0.352 e. The van der Waals surface area contributed by atoms with Crippen molar-refractivity contribution in [1.82, 2.24) is 4.98 Å². The molecule has 0 saturated carbocycles. The maximum absolute atomic E-state index is 6.05. The highest BCUT2D eigenvalue weighted by Gasteiger charge is 2.16. The largest absolute Gasteiger partial charge is 0.352 e. The first kappa shape index (κ1) is 14.4. The molecule has 1 aromatic carbocycles. The standard InChI is InChI=1S/C15H16BrClN2/c1-10-7-8-18-15(14(10)16)19(3)11(2)12-5-4-6-13(17)9-12/h4-9,11H,1-3H3. The average Bonchev–Trinajstić information content (AvgIpc) is 2.40. The van der Waals surface area contributed by atoms with Crippen molar-refractivity contribution in [2.75, 3.05) is 11.9 Å². The van der Waals surface area contributed by atoms with Crippen LogP contribution in [0.4, 0.5) is 5.82 Å². The number of hydrogen-bond acceptors (Lipinski definition) is 2. The van der Waals surface area contributed by atoms with Crippen molar-refractivity contribution in [3.8, 4) is 0 Å². The molecule has 2 aromatic rings. The molecule has 0 aliphatic carbocycles. The zero-order valence-corrected chi connectivity index (χ0v) is 13.5. The number of aromatic nitrogens is 1. The molecule has 2 rings (SSSR count). The summed E-state index contributed by atoms with van der Waals surface area (Å²) in [6.07, 6.45) is 1.83. The van der Waals surface area contributed by atoms with E-state index in [4.69, 9.17) is 11.6 Å². The van der Waals surface area contributed by atoms with E-state index in [1.165, 1.54) is 11.1 Å². The maximum Gasteiger partial charge on any atom is 0.143 e. The summed E-state index contributed by atoms with van der Waals surface area (Å²) < 4.78 is 1.03. The molecule has 1 unspecified atom stereocenters. The van der Waals surface area contributed by atoms with Gasteiger partial charge in [-0.2, -0.15) is 0 Å². The third-order valence-electron chi connectivity index (χ3n) is 3.31. The van der Waals surface area contributed by atoms with Crippen molar-refractivity contribution < 1.29 is 0 Å². The fraction of sp³-hybridized carbons (Fsp3) is 0.267. The van der Waals surface area contributed by atoms with E-state index in [-0.39, 0.29) is 6.04 Å². The molecular formula is C15H16BrClN2. The van der Waals surface area contributed by atoms with Gasteiger partial charge in [0.1, 0.15) is 5.82 Å². The zero-order valence-electron chi connectivity index (χ0n) is 11.2. The van der Waals surface area contributed by atoms with Crippen molar-refractivity contribution in [2.24, 2.45) is 0 Å². The van der Waals surface area contributed by atoms with E-state index < -0.39 is 0 Å². The van der Waals surface area contributed by atoms with E-state index in [1.54, 1.807) is 0 Å². The molecule has 0 N–H and O–H groups in total. The number of aryl methyl sites for hydroxylation is 1. The fourth-order valence-corrected chi connectivity index (χ4v) is 2.66. The second kappa shape index (κ2) is 5.93. The quantitative estimate of drug-likeness (QED) is 0.782. The number of halogens is 2. The summed E-state index contributed by atoms with van der Waals surface area (Å²) in [6, 6.07) is 10.1. The highest BCUT2D eigenvalue weighted by Crippen LogP contribution is 2.32. The summed E-state index contributed by atoms with van der Waals surface area (Å²) in [5, 5.41) is 0.758. The molecule has 0 amide bonds. The van der Waals surface area contributed by atoms with Crippen molar-refractivity contribution in [2.45, 2.75) is 19.9 Å². The zero-order chi connectivity index (χ0) is 14.0. The predicted molar refractivity (Wildman–Crippen MR) is 84.9 cm³/mol.